The number of carbonyl (C=O) groups excluding carboxylic acids is 1. The van der Waals surface area contributed by atoms with E-state index in [0.29, 0.717) is 18.8 Å². The highest BCUT2D eigenvalue weighted by molar-refractivity contribution is 6.18. The standard InChI is InChI=1S/C15H16ClNO/c1-17(9-8-16)15(18)11-12-6-7-13-4-2-3-5-14(13)10-12/h2-7,10H,8-9,11H2,1H3. The fourth-order valence-electron chi connectivity index (χ4n) is 1.91. The van der Waals surface area contributed by atoms with Crippen LogP contribution in [-0.4, -0.2) is 30.3 Å². The van der Waals surface area contributed by atoms with E-state index in [1.165, 1.54) is 10.8 Å². The van der Waals surface area contributed by atoms with Crippen molar-refractivity contribution in [2.75, 3.05) is 19.5 Å². The molecular formula is C15H16ClNO. The summed E-state index contributed by atoms with van der Waals surface area (Å²) in [5.41, 5.74) is 1.04. The number of carbonyl (C=O) groups is 1. The molecule has 1 amide bonds. The minimum atomic E-state index is 0.103. The first-order valence-electron chi connectivity index (χ1n) is 5.98. The minimum Gasteiger partial charge on any atom is -0.344 e. The molecule has 0 aliphatic rings. The molecule has 0 spiro atoms. The van der Waals surface area contributed by atoms with E-state index < -0.39 is 0 Å². The molecule has 0 fully saturated rings. The molecule has 94 valence electrons. The predicted octanol–water partition coefficient (Wildman–Crippen LogP) is 3.08. The molecule has 3 heteroatoms. The van der Waals surface area contributed by atoms with Crippen LogP contribution in [0.5, 0.6) is 0 Å². The number of alkyl halides is 1. The van der Waals surface area contributed by atoms with Gasteiger partial charge in [0.2, 0.25) is 5.91 Å². The summed E-state index contributed by atoms with van der Waals surface area (Å²) in [5.74, 6) is 0.575. The molecule has 0 aliphatic heterocycles. The van der Waals surface area contributed by atoms with Gasteiger partial charge in [0.15, 0.2) is 0 Å². The van der Waals surface area contributed by atoms with Crippen LogP contribution in [0.2, 0.25) is 0 Å². The van der Waals surface area contributed by atoms with Gasteiger partial charge >= 0.3 is 0 Å². The summed E-state index contributed by atoms with van der Waals surface area (Å²) < 4.78 is 0. The summed E-state index contributed by atoms with van der Waals surface area (Å²) in [6, 6.07) is 14.3. The summed E-state index contributed by atoms with van der Waals surface area (Å²) in [6.07, 6.45) is 0.429. The molecule has 0 bridgehead atoms. The number of likely N-dealkylation sites (N-methyl/N-ethyl adjacent to an activating group) is 1. The minimum absolute atomic E-state index is 0.103. The average molecular weight is 262 g/mol. The second-order valence-corrected chi connectivity index (χ2v) is 4.74. The third-order valence-electron chi connectivity index (χ3n) is 3.01. The Bertz CT molecular complexity index is 553. The number of hydrogen-bond donors (Lipinski definition) is 0. The molecule has 0 aliphatic carbocycles. The average Bonchev–Trinajstić information content (AvgIpc) is 2.39. The largest absolute Gasteiger partial charge is 0.344 e. The lowest BCUT2D eigenvalue weighted by Gasteiger charge is -2.15. The lowest BCUT2D eigenvalue weighted by Crippen LogP contribution is -2.29. The molecule has 0 saturated heterocycles. The first-order valence-corrected chi connectivity index (χ1v) is 6.52. The normalized spacial score (nSPS) is 10.6. The van der Waals surface area contributed by atoms with Gasteiger partial charge in [0.05, 0.1) is 6.42 Å². The Morgan fingerprint density at radius 1 is 1.17 bits per heavy atom. The molecular weight excluding hydrogens is 246 g/mol. The zero-order chi connectivity index (χ0) is 13.0. The molecule has 0 saturated carbocycles. The van der Waals surface area contributed by atoms with Gasteiger partial charge in [-0.05, 0) is 16.3 Å². The Kier molecular flexibility index (Phi) is 4.21. The zero-order valence-corrected chi connectivity index (χ0v) is 11.2. The lowest BCUT2D eigenvalue weighted by molar-refractivity contribution is -0.128. The van der Waals surface area contributed by atoms with E-state index >= 15 is 0 Å². The predicted molar refractivity (Wildman–Crippen MR) is 76.0 cm³/mol. The van der Waals surface area contributed by atoms with Crippen molar-refractivity contribution >= 4 is 28.3 Å². The van der Waals surface area contributed by atoms with Crippen LogP contribution >= 0.6 is 11.6 Å². The number of benzene rings is 2. The summed E-state index contributed by atoms with van der Waals surface area (Å²) >= 11 is 5.63. The quantitative estimate of drug-likeness (QED) is 0.775. The van der Waals surface area contributed by atoms with E-state index in [2.05, 4.69) is 24.3 Å². The third kappa shape index (κ3) is 3.02. The van der Waals surface area contributed by atoms with Gasteiger partial charge in [-0.15, -0.1) is 11.6 Å². The number of nitrogens with zero attached hydrogens (tertiary/aromatic N) is 1. The van der Waals surface area contributed by atoms with E-state index in [-0.39, 0.29) is 5.91 Å². The second-order valence-electron chi connectivity index (χ2n) is 4.36. The zero-order valence-electron chi connectivity index (χ0n) is 10.4. The molecule has 2 aromatic rings. The van der Waals surface area contributed by atoms with Crippen LogP contribution < -0.4 is 0 Å². The Morgan fingerprint density at radius 2 is 1.89 bits per heavy atom. The van der Waals surface area contributed by atoms with Gasteiger partial charge in [-0.2, -0.15) is 0 Å². The van der Waals surface area contributed by atoms with Crippen molar-refractivity contribution in [2.45, 2.75) is 6.42 Å². The molecule has 0 unspecified atom stereocenters. The number of halogens is 1. The number of fused-ring (bicyclic) bond motifs is 1. The van der Waals surface area contributed by atoms with Crippen molar-refractivity contribution < 1.29 is 4.79 Å². The molecule has 0 heterocycles. The number of hydrogen-bond acceptors (Lipinski definition) is 1. The van der Waals surface area contributed by atoms with Crippen LogP contribution in [0.3, 0.4) is 0 Å². The Morgan fingerprint density at radius 3 is 2.61 bits per heavy atom. The van der Waals surface area contributed by atoms with Crippen molar-refractivity contribution in [2.24, 2.45) is 0 Å². The highest BCUT2D eigenvalue weighted by Crippen LogP contribution is 2.16. The summed E-state index contributed by atoms with van der Waals surface area (Å²) in [4.78, 5) is 13.6. The second kappa shape index (κ2) is 5.87. The van der Waals surface area contributed by atoms with Gasteiger partial charge < -0.3 is 4.90 Å². The monoisotopic (exact) mass is 261 g/mol. The van der Waals surface area contributed by atoms with E-state index in [1.807, 2.05) is 18.2 Å². The molecule has 2 aromatic carbocycles. The summed E-state index contributed by atoms with van der Waals surface area (Å²) in [7, 11) is 1.78. The van der Waals surface area contributed by atoms with Crippen molar-refractivity contribution in [1.82, 2.24) is 4.90 Å². The van der Waals surface area contributed by atoms with Gasteiger partial charge in [-0.1, -0.05) is 42.5 Å². The fraction of sp³-hybridized carbons (Fsp3) is 0.267. The van der Waals surface area contributed by atoms with Crippen molar-refractivity contribution in [3.8, 4) is 0 Å². The molecule has 0 radical (unpaired) electrons. The first kappa shape index (κ1) is 12.9. The smallest absolute Gasteiger partial charge is 0.226 e. The van der Waals surface area contributed by atoms with Crippen molar-refractivity contribution in [1.29, 1.82) is 0 Å². The Hall–Kier alpha value is -1.54. The molecule has 2 rings (SSSR count). The highest BCUT2D eigenvalue weighted by Gasteiger charge is 2.09. The van der Waals surface area contributed by atoms with Gasteiger partial charge in [-0.25, -0.2) is 0 Å². The maximum Gasteiger partial charge on any atom is 0.226 e. The molecule has 0 aromatic heterocycles. The van der Waals surface area contributed by atoms with Crippen molar-refractivity contribution in [3.05, 3.63) is 48.0 Å². The lowest BCUT2D eigenvalue weighted by atomic mass is 10.0. The van der Waals surface area contributed by atoms with E-state index in [1.54, 1.807) is 11.9 Å². The van der Waals surface area contributed by atoms with Crippen LogP contribution in [0.4, 0.5) is 0 Å². The van der Waals surface area contributed by atoms with Crippen LogP contribution in [0, 0.1) is 0 Å². The molecule has 18 heavy (non-hydrogen) atoms. The van der Waals surface area contributed by atoms with Crippen LogP contribution in [0.25, 0.3) is 10.8 Å². The van der Waals surface area contributed by atoms with E-state index in [0.717, 1.165) is 5.56 Å². The number of rotatable bonds is 4. The van der Waals surface area contributed by atoms with Crippen LogP contribution in [-0.2, 0) is 11.2 Å². The third-order valence-corrected chi connectivity index (χ3v) is 3.18. The van der Waals surface area contributed by atoms with Crippen molar-refractivity contribution in [3.63, 3.8) is 0 Å². The highest BCUT2D eigenvalue weighted by atomic mass is 35.5. The molecule has 0 atom stereocenters. The van der Waals surface area contributed by atoms with E-state index in [4.69, 9.17) is 11.6 Å². The maximum absolute atomic E-state index is 11.9. The SMILES string of the molecule is CN(CCCl)C(=O)Cc1ccc2ccccc2c1. The maximum atomic E-state index is 11.9. The van der Waals surface area contributed by atoms with E-state index in [9.17, 15) is 4.79 Å². The summed E-state index contributed by atoms with van der Waals surface area (Å²) in [6.45, 7) is 0.591. The van der Waals surface area contributed by atoms with Gasteiger partial charge in [0.25, 0.3) is 0 Å². The van der Waals surface area contributed by atoms with Crippen LogP contribution in [0.1, 0.15) is 5.56 Å². The Labute approximate surface area is 112 Å². The van der Waals surface area contributed by atoms with Gasteiger partial charge in [0, 0.05) is 19.5 Å². The Balaban J connectivity index is 2.14. The fourth-order valence-corrected chi connectivity index (χ4v) is 2.16. The first-order chi connectivity index (χ1) is 8.70. The summed E-state index contributed by atoms with van der Waals surface area (Å²) in [5, 5.41) is 2.37. The van der Waals surface area contributed by atoms with Gasteiger partial charge in [-0.3, -0.25) is 4.79 Å². The van der Waals surface area contributed by atoms with Crippen LogP contribution in [0.15, 0.2) is 42.5 Å². The molecule has 2 nitrogen and oxygen atoms in total. The molecule has 0 N–H and O–H groups in total. The van der Waals surface area contributed by atoms with Gasteiger partial charge in [0.1, 0.15) is 0 Å². The topological polar surface area (TPSA) is 20.3 Å². The number of amides is 1.